The zero-order valence-corrected chi connectivity index (χ0v) is 4.69. The molecule has 0 spiro atoms. The van der Waals surface area contributed by atoms with Gasteiger partial charge in [-0.2, -0.15) is 0 Å². The fraction of sp³-hybridized carbons (Fsp3) is 0.500. The van der Waals surface area contributed by atoms with Gasteiger partial charge in [-0.3, -0.25) is 10.1 Å². The molecule has 0 aromatic heterocycles. The Morgan fingerprint density at radius 3 is 2.88 bits per heavy atom. The van der Waals surface area contributed by atoms with Crippen molar-refractivity contribution in [3.63, 3.8) is 0 Å². The summed E-state index contributed by atoms with van der Waals surface area (Å²) in [5.74, 6) is 0.106. The van der Waals surface area contributed by atoms with Gasteiger partial charge in [0.15, 0.2) is 5.78 Å². The van der Waals surface area contributed by atoms with Crippen molar-refractivity contribution in [2.24, 2.45) is 0 Å². The van der Waals surface area contributed by atoms with Gasteiger partial charge in [0.1, 0.15) is 0 Å². The number of hydrogen-bond donors (Lipinski definition) is 1. The Balaban J connectivity index is 2.48. The highest BCUT2D eigenvalue weighted by Gasteiger charge is 2.12. The zero-order valence-electron chi connectivity index (χ0n) is 4.69. The maximum absolute atomic E-state index is 10.5. The molecule has 42 valence electrons. The summed E-state index contributed by atoms with van der Waals surface area (Å²) in [5.41, 5.74) is 0. The fourth-order valence-electron chi connectivity index (χ4n) is 0.603. The van der Waals surface area contributed by atoms with Crippen molar-refractivity contribution in [3.8, 4) is 0 Å². The summed E-state index contributed by atoms with van der Waals surface area (Å²) >= 11 is 0. The lowest BCUT2D eigenvalue weighted by Crippen LogP contribution is -2.29. The van der Waals surface area contributed by atoms with Gasteiger partial charge in [-0.25, -0.2) is 0 Å². The molecule has 1 N–H and O–H groups in total. The van der Waals surface area contributed by atoms with E-state index in [4.69, 9.17) is 0 Å². The Hall–Kier alpha value is -0.630. The lowest BCUT2D eigenvalue weighted by Gasteiger charge is -1.99. The van der Waals surface area contributed by atoms with Crippen molar-refractivity contribution < 1.29 is 4.79 Å². The third kappa shape index (κ3) is 0.954. The van der Waals surface area contributed by atoms with Crippen LogP contribution in [0.2, 0.25) is 0 Å². The molecular formula is C6H7NO. The minimum atomic E-state index is -0.185. The molecule has 0 aliphatic carbocycles. The number of nitrogens with one attached hydrogen (secondary N) is 1. The van der Waals surface area contributed by atoms with Crippen molar-refractivity contribution in [3.05, 3.63) is 12.2 Å². The van der Waals surface area contributed by atoms with Gasteiger partial charge in [0.25, 0.3) is 0 Å². The summed E-state index contributed by atoms with van der Waals surface area (Å²) in [5, 5.41) is 2.88. The van der Waals surface area contributed by atoms with Crippen LogP contribution < -0.4 is 5.32 Å². The van der Waals surface area contributed by atoms with Gasteiger partial charge < -0.3 is 0 Å². The Morgan fingerprint density at radius 1 is 1.88 bits per heavy atom. The normalized spacial score (nSPS) is 26.4. The number of hydrogen-bond acceptors (Lipinski definition) is 2. The molecule has 2 nitrogen and oxygen atoms in total. The molecule has 1 aliphatic heterocycles. The van der Waals surface area contributed by atoms with Crippen LogP contribution in [-0.2, 0) is 4.79 Å². The van der Waals surface area contributed by atoms with E-state index in [0.717, 1.165) is 0 Å². The van der Waals surface area contributed by atoms with E-state index in [1.807, 2.05) is 0 Å². The number of carbonyl (C=O) groups is 1. The second-order valence-electron chi connectivity index (χ2n) is 1.75. The third-order valence-corrected chi connectivity index (χ3v) is 1.05. The van der Waals surface area contributed by atoms with Crippen LogP contribution in [0.15, 0.2) is 0 Å². The largest absolute Gasteiger partial charge is 0.300 e. The van der Waals surface area contributed by atoms with E-state index in [2.05, 4.69) is 17.5 Å². The molecular weight excluding hydrogens is 102 g/mol. The summed E-state index contributed by atoms with van der Waals surface area (Å²) in [6, 6.07) is -0.185. The average molecular weight is 109 g/mol. The minimum Gasteiger partial charge on any atom is -0.300 e. The number of carbonyl (C=O) groups excluding carboxylic acids is 1. The maximum Gasteiger partial charge on any atom is 0.151 e. The van der Waals surface area contributed by atoms with Crippen molar-refractivity contribution in [1.29, 1.82) is 0 Å². The Labute approximate surface area is 48.6 Å². The summed E-state index contributed by atoms with van der Waals surface area (Å²) in [4.78, 5) is 10.5. The van der Waals surface area contributed by atoms with Crippen molar-refractivity contribution >= 4 is 5.78 Å². The monoisotopic (exact) mass is 109 g/mol. The number of ketones is 1. The summed E-state index contributed by atoms with van der Waals surface area (Å²) in [6.07, 6.45) is 5.52. The summed E-state index contributed by atoms with van der Waals surface area (Å²) in [6.45, 7) is 2.20. The molecule has 2 radical (unpaired) electrons. The van der Waals surface area contributed by atoms with Gasteiger partial charge in [-0.15, -0.1) is 0 Å². The van der Waals surface area contributed by atoms with E-state index in [9.17, 15) is 4.79 Å². The Bertz CT molecular complexity index is 128. The molecule has 1 aliphatic rings. The van der Waals surface area contributed by atoms with E-state index < -0.39 is 0 Å². The van der Waals surface area contributed by atoms with Crippen LogP contribution in [0.4, 0.5) is 0 Å². The lowest BCUT2D eigenvalue weighted by molar-refractivity contribution is -0.117. The molecule has 0 bridgehead atoms. The molecule has 8 heavy (non-hydrogen) atoms. The van der Waals surface area contributed by atoms with E-state index >= 15 is 0 Å². The number of rotatable bonds is 1. The fourth-order valence-corrected chi connectivity index (χ4v) is 0.603. The van der Waals surface area contributed by atoms with E-state index in [1.54, 1.807) is 0 Å². The zero-order chi connectivity index (χ0) is 5.98. The van der Waals surface area contributed by atoms with Crippen LogP contribution in [0.25, 0.3) is 0 Å². The first-order chi connectivity index (χ1) is 3.80. The first-order valence-electron chi connectivity index (χ1n) is 2.53. The molecule has 1 unspecified atom stereocenters. The van der Waals surface area contributed by atoms with Gasteiger partial charge >= 0.3 is 0 Å². The molecule has 1 atom stereocenters. The van der Waals surface area contributed by atoms with Gasteiger partial charge in [-0.1, -0.05) is 0 Å². The lowest BCUT2D eigenvalue weighted by atomic mass is 10.2. The van der Waals surface area contributed by atoms with Gasteiger partial charge in [0.05, 0.1) is 6.04 Å². The van der Waals surface area contributed by atoms with E-state index in [0.29, 0.717) is 6.54 Å². The van der Waals surface area contributed by atoms with Gasteiger partial charge in [0.2, 0.25) is 0 Å². The highest BCUT2D eigenvalue weighted by molar-refractivity contribution is 5.82. The predicted octanol–water partition coefficient (Wildman–Crippen LogP) is -0.290. The molecule has 1 rings (SSSR count). The predicted molar refractivity (Wildman–Crippen MR) is 29.0 cm³/mol. The number of Topliss-reactive ketones (excluding diaryl/α,β-unsaturated/α-hetero) is 1. The molecule has 0 saturated heterocycles. The van der Waals surface area contributed by atoms with Crippen LogP contribution in [0, 0.1) is 12.2 Å². The van der Waals surface area contributed by atoms with Gasteiger partial charge in [-0.05, 0) is 19.1 Å². The van der Waals surface area contributed by atoms with Crippen LogP contribution in [0.5, 0.6) is 0 Å². The SMILES string of the molecule is CC(=O)C1[C]=[C]CN1. The summed E-state index contributed by atoms with van der Waals surface area (Å²) < 4.78 is 0. The van der Waals surface area contributed by atoms with Crippen LogP contribution in [-0.4, -0.2) is 18.4 Å². The maximum atomic E-state index is 10.5. The van der Waals surface area contributed by atoms with Crippen LogP contribution in [0.1, 0.15) is 6.92 Å². The molecule has 0 aromatic rings. The first kappa shape index (κ1) is 5.51. The topological polar surface area (TPSA) is 29.1 Å². The average Bonchev–Trinajstić information content (AvgIpc) is 2.12. The molecule has 0 amide bonds. The standard InChI is InChI=1S/C6H7NO/c1-5(8)6-3-2-4-7-6/h6-7H,4H2,1H3. The molecule has 0 fully saturated rings. The quantitative estimate of drug-likeness (QED) is 0.501. The Kier molecular flexibility index (Phi) is 1.44. The van der Waals surface area contributed by atoms with Crippen LogP contribution in [0.3, 0.4) is 0 Å². The van der Waals surface area contributed by atoms with E-state index in [1.165, 1.54) is 6.92 Å². The highest BCUT2D eigenvalue weighted by atomic mass is 16.1. The molecule has 2 heteroatoms. The van der Waals surface area contributed by atoms with Crippen molar-refractivity contribution in [2.45, 2.75) is 13.0 Å². The first-order valence-corrected chi connectivity index (χ1v) is 2.53. The van der Waals surface area contributed by atoms with Crippen molar-refractivity contribution in [1.82, 2.24) is 5.32 Å². The Morgan fingerprint density at radius 2 is 2.62 bits per heavy atom. The molecule has 1 heterocycles. The minimum absolute atomic E-state index is 0.106. The smallest absolute Gasteiger partial charge is 0.151 e. The third-order valence-electron chi connectivity index (χ3n) is 1.05. The van der Waals surface area contributed by atoms with Crippen LogP contribution >= 0.6 is 0 Å². The van der Waals surface area contributed by atoms with Gasteiger partial charge in [0, 0.05) is 6.54 Å². The molecule has 0 aromatic carbocycles. The van der Waals surface area contributed by atoms with E-state index in [-0.39, 0.29) is 11.8 Å². The second kappa shape index (κ2) is 2.09. The highest BCUT2D eigenvalue weighted by Crippen LogP contribution is 1.91. The molecule has 0 saturated carbocycles. The van der Waals surface area contributed by atoms with Crippen molar-refractivity contribution in [2.75, 3.05) is 6.54 Å². The summed E-state index contributed by atoms with van der Waals surface area (Å²) in [7, 11) is 0. The second-order valence-corrected chi connectivity index (χ2v) is 1.75.